The first-order valence-electron chi connectivity index (χ1n) is 3.65. The molecule has 0 fully saturated rings. The number of pyridine rings is 1. The Hall–Kier alpha value is -1.18. The Morgan fingerprint density at radius 3 is 2.60 bits per heavy atom. The molecule has 0 saturated carbocycles. The number of hydrogen-bond acceptors (Lipinski definition) is 3. The number of nitro groups is 1. The number of rotatable bonds is 3. The highest BCUT2D eigenvalue weighted by molar-refractivity contribution is 9.08. The van der Waals surface area contributed by atoms with Gasteiger partial charge in [-0.2, -0.15) is 4.39 Å². The van der Waals surface area contributed by atoms with Crippen LogP contribution in [0.3, 0.4) is 0 Å². The Kier molecular flexibility index (Phi) is 3.61. The average molecular weight is 285 g/mol. The SMILES string of the molecule is O=[N+]([O-])c1cc(F)nc(CBr)c1C(F)F. The monoisotopic (exact) mass is 284 g/mol. The van der Waals surface area contributed by atoms with E-state index in [1.54, 1.807) is 0 Å². The van der Waals surface area contributed by atoms with E-state index < -0.39 is 28.5 Å². The quantitative estimate of drug-likeness (QED) is 0.371. The van der Waals surface area contributed by atoms with Crippen LogP contribution >= 0.6 is 15.9 Å². The molecule has 1 aromatic heterocycles. The summed E-state index contributed by atoms with van der Waals surface area (Å²) in [4.78, 5) is 12.5. The van der Waals surface area contributed by atoms with Crippen molar-refractivity contribution in [2.45, 2.75) is 11.8 Å². The fourth-order valence-corrected chi connectivity index (χ4v) is 1.48. The molecule has 1 heterocycles. The zero-order valence-corrected chi connectivity index (χ0v) is 8.67. The summed E-state index contributed by atoms with van der Waals surface area (Å²) in [6.07, 6.45) is -3.06. The molecule has 0 bridgehead atoms. The molecule has 4 nitrogen and oxygen atoms in total. The molecule has 0 N–H and O–H groups in total. The first kappa shape index (κ1) is 11.9. The van der Waals surface area contributed by atoms with Gasteiger partial charge >= 0.3 is 0 Å². The molecule has 0 saturated heterocycles. The molecule has 0 radical (unpaired) electrons. The van der Waals surface area contributed by atoms with Crippen LogP contribution in [0.1, 0.15) is 17.7 Å². The summed E-state index contributed by atoms with van der Waals surface area (Å²) in [5.41, 5.74) is -2.16. The van der Waals surface area contributed by atoms with Gasteiger partial charge in [-0.05, 0) is 0 Å². The molecular weight excluding hydrogens is 281 g/mol. The molecule has 0 unspecified atom stereocenters. The van der Waals surface area contributed by atoms with Gasteiger partial charge in [0.1, 0.15) is 5.56 Å². The lowest BCUT2D eigenvalue weighted by Crippen LogP contribution is -2.04. The molecule has 0 spiro atoms. The number of aromatic nitrogens is 1. The van der Waals surface area contributed by atoms with Crippen LogP contribution in [-0.4, -0.2) is 9.91 Å². The van der Waals surface area contributed by atoms with Crippen molar-refractivity contribution in [1.29, 1.82) is 0 Å². The number of alkyl halides is 3. The highest BCUT2D eigenvalue weighted by atomic mass is 79.9. The van der Waals surface area contributed by atoms with Gasteiger partial charge in [-0.1, -0.05) is 15.9 Å². The van der Waals surface area contributed by atoms with Crippen LogP contribution in [0, 0.1) is 16.1 Å². The highest BCUT2D eigenvalue weighted by Crippen LogP contribution is 2.32. The van der Waals surface area contributed by atoms with E-state index in [9.17, 15) is 23.3 Å². The van der Waals surface area contributed by atoms with Crippen LogP contribution in [0.2, 0.25) is 0 Å². The maximum atomic E-state index is 12.7. The highest BCUT2D eigenvalue weighted by Gasteiger charge is 2.27. The third-order valence-electron chi connectivity index (χ3n) is 1.63. The maximum Gasteiger partial charge on any atom is 0.284 e. The summed E-state index contributed by atoms with van der Waals surface area (Å²) in [6, 6.07) is 0.383. The molecule has 82 valence electrons. The van der Waals surface area contributed by atoms with Gasteiger partial charge in [0.15, 0.2) is 0 Å². The Morgan fingerprint density at radius 2 is 2.20 bits per heavy atom. The van der Waals surface area contributed by atoms with Crippen molar-refractivity contribution >= 4 is 21.6 Å². The van der Waals surface area contributed by atoms with Crippen molar-refractivity contribution in [3.05, 3.63) is 33.4 Å². The van der Waals surface area contributed by atoms with Crippen molar-refractivity contribution < 1.29 is 18.1 Å². The molecule has 15 heavy (non-hydrogen) atoms. The van der Waals surface area contributed by atoms with E-state index in [2.05, 4.69) is 20.9 Å². The van der Waals surface area contributed by atoms with Gasteiger partial charge in [-0.25, -0.2) is 13.8 Å². The van der Waals surface area contributed by atoms with Gasteiger partial charge in [0, 0.05) is 5.33 Å². The smallest absolute Gasteiger partial charge is 0.258 e. The minimum Gasteiger partial charge on any atom is -0.258 e. The molecule has 0 aliphatic rings. The van der Waals surface area contributed by atoms with E-state index in [0.29, 0.717) is 6.07 Å². The van der Waals surface area contributed by atoms with E-state index in [4.69, 9.17) is 0 Å². The summed E-state index contributed by atoms with van der Waals surface area (Å²) in [6.45, 7) is 0. The molecule has 0 amide bonds. The molecule has 0 aliphatic carbocycles. The zero-order valence-electron chi connectivity index (χ0n) is 7.08. The predicted molar refractivity (Wildman–Crippen MR) is 48.4 cm³/mol. The minimum absolute atomic E-state index is 0.175. The Morgan fingerprint density at radius 1 is 1.60 bits per heavy atom. The second kappa shape index (κ2) is 4.56. The van der Waals surface area contributed by atoms with E-state index in [1.165, 1.54) is 0 Å². The first-order valence-corrected chi connectivity index (χ1v) is 4.77. The largest absolute Gasteiger partial charge is 0.284 e. The standard InChI is InChI=1S/C7H4BrF3N2O2/c8-2-3-6(7(10)11)4(13(14)15)1-5(9)12-3/h1,7H,2H2. The minimum atomic E-state index is -3.06. The second-order valence-corrected chi connectivity index (χ2v) is 3.08. The average Bonchev–Trinajstić information content (AvgIpc) is 2.15. The van der Waals surface area contributed by atoms with Gasteiger partial charge in [-0.15, -0.1) is 0 Å². The van der Waals surface area contributed by atoms with Crippen molar-refractivity contribution in [2.75, 3.05) is 0 Å². The Labute approximate surface area is 90.4 Å². The topological polar surface area (TPSA) is 56.0 Å². The Balaban J connectivity index is 3.47. The van der Waals surface area contributed by atoms with Gasteiger partial charge in [0.2, 0.25) is 5.95 Å². The van der Waals surface area contributed by atoms with Gasteiger partial charge in [0.25, 0.3) is 12.1 Å². The van der Waals surface area contributed by atoms with Crippen molar-refractivity contribution in [3.63, 3.8) is 0 Å². The summed E-state index contributed by atoms with van der Waals surface area (Å²) in [5, 5.41) is 10.2. The molecule has 0 aromatic carbocycles. The molecule has 1 rings (SSSR count). The lowest BCUT2D eigenvalue weighted by molar-refractivity contribution is -0.386. The van der Waals surface area contributed by atoms with Crippen LogP contribution in [0.5, 0.6) is 0 Å². The first-order chi connectivity index (χ1) is 6.97. The van der Waals surface area contributed by atoms with Crippen molar-refractivity contribution in [3.8, 4) is 0 Å². The van der Waals surface area contributed by atoms with Crippen molar-refractivity contribution in [2.24, 2.45) is 0 Å². The molecule has 0 aliphatic heterocycles. The molecule has 8 heteroatoms. The van der Waals surface area contributed by atoms with Crippen molar-refractivity contribution in [1.82, 2.24) is 4.98 Å². The predicted octanol–water partition coefficient (Wildman–Crippen LogP) is 2.96. The summed E-state index contributed by atoms with van der Waals surface area (Å²) >= 11 is 2.81. The summed E-state index contributed by atoms with van der Waals surface area (Å²) in [7, 11) is 0. The fourth-order valence-electron chi connectivity index (χ4n) is 1.05. The van der Waals surface area contributed by atoms with Crippen LogP contribution in [-0.2, 0) is 5.33 Å². The van der Waals surface area contributed by atoms with Crippen LogP contribution in [0.15, 0.2) is 6.07 Å². The number of halogens is 4. The summed E-state index contributed by atoms with van der Waals surface area (Å²) in [5.74, 6) is -1.15. The van der Waals surface area contributed by atoms with Gasteiger partial charge < -0.3 is 0 Å². The third-order valence-corrected chi connectivity index (χ3v) is 2.16. The van der Waals surface area contributed by atoms with Gasteiger partial charge in [0.05, 0.1) is 16.7 Å². The molecular formula is C7H4BrF3N2O2. The van der Waals surface area contributed by atoms with Gasteiger partial charge in [-0.3, -0.25) is 10.1 Å². The van der Waals surface area contributed by atoms with E-state index >= 15 is 0 Å². The number of hydrogen-bond donors (Lipinski definition) is 0. The fraction of sp³-hybridized carbons (Fsp3) is 0.286. The van der Waals surface area contributed by atoms with Crippen LogP contribution < -0.4 is 0 Å². The molecule has 0 atom stereocenters. The molecule has 1 aromatic rings. The van der Waals surface area contributed by atoms with Crippen LogP contribution in [0.4, 0.5) is 18.9 Å². The lowest BCUT2D eigenvalue weighted by atomic mass is 10.2. The number of nitrogens with zero attached hydrogens (tertiary/aromatic N) is 2. The second-order valence-electron chi connectivity index (χ2n) is 2.52. The van der Waals surface area contributed by atoms with Crippen LogP contribution in [0.25, 0.3) is 0 Å². The lowest BCUT2D eigenvalue weighted by Gasteiger charge is -2.05. The third kappa shape index (κ3) is 2.44. The van der Waals surface area contributed by atoms with E-state index in [1.807, 2.05) is 0 Å². The Bertz CT molecular complexity index is 400. The van der Waals surface area contributed by atoms with E-state index in [0.717, 1.165) is 0 Å². The summed E-state index contributed by atoms with van der Waals surface area (Å²) < 4.78 is 37.7. The zero-order chi connectivity index (χ0) is 11.6. The van der Waals surface area contributed by atoms with E-state index in [-0.39, 0.29) is 11.0 Å². The normalized spacial score (nSPS) is 10.7. The maximum absolute atomic E-state index is 12.7.